The Kier molecular flexibility index (Phi) is 9.45. The zero-order valence-electron chi connectivity index (χ0n) is 33.4. The lowest BCUT2D eigenvalue weighted by molar-refractivity contribution is -0.135. The second kappa shape index (κ2) is 14.2. The minimum atomic E-state index is -0.703. The molecule has 0 radical (unpaired) electrons. The number of fused-ring (bicyclic) bond motifs is 6. The number of amides is 3. The van der Waals surface area contributed by atoms with Crippen LogP contribution in [0.25, 0.3) is 44.2 Å². The summed E-state index contributed by atoms with van der Waals surface area (Å²) in [5.74, 6) is 2.62. The molecule has 0 saturated carbocycles. The molecule has 8 rings (SSSR count). The molecular formula is C43H51N7O6. The van der Waals surface area contributed by atoms with Crippen molar-refractivity contribution in [3.8, 4) is 28.1 Å². The lowest BCUT2D eigenvalue weighted by atomic mass is 9.92. The van der Waals surface area contributed by atoms with Crippen molar-refractivity contribution in [1.82, 2.24) is 35.1 Å². The molecule has 3 N–H and O–H groups in total. The number of benzene rings is 3. The van der Waals surface area contributed by atoms with Gasteiger partial charge in [0.15, 0.2) is 0 Å². The Hall–Kier alpha value is -5.59. The molecule has 5 heterocycles. The first-order chi connectivity index (χ1) is 26.7. The number of aromatic amines is 2. The third kappa shape index (κ3) is 6.92. The number of likely N-dealkylation sites (tertiary alicyclic amines) is 2. The summed E-state index contributed by atoms with van der Waals surface area (Å²) >= 11 is 0. The maximum absolute atomic E-state index is 13.8. The van der Waals surface area contributed by atoms with Gasteiger partial charge in [0.1, 0.15) is 35.6 Å². The second-order valence-electron chi connectivity index (χ2n) is 17.2. The molecule has 2 fully saturated rings. The van der Waals surface area contributed by atoms with Crippen LogP contribution in [0.5, 0.6) is 5.75 Å². The fraction of sp³-hybridized carbons (Fsp3) is 0.465. The van der Waals surface area contributed by atoms with E-state index in [2.05, 4.69) is 71.6 Å². The molecule has 0 spiro atoms. The monoisotopic (exact) mass is 761 g/mol. The molecule has 3 aromatic carbocycles. The summed E-state index contributed by atoms with van der Waals surface area (Å²) in [5.41, 5.74) is 6.18. The van der Waals surface area contributed by atoms with Crippen molar-refractivity contribution < 1.29 is 28.6 Å². The van der Waals surface area contributed by atoms with Crippen LogP contribution >= 0.6 is 0 Å². The van der Waals surface area contributed by atoms with Crippen molar-refractivity contribution in [2.24, 2.45) is 17.8 Å². The molecule has 0 bridgehead atoms. The molecule has 3 aliphatic heterocycles. The topological polar surface area (TPSA) is 155 Å². The van der Waals surface area contributed by atoms with Gasteiger partial charge >= 0.3 is 12.2 Å². The molecule has 2 saturated heterocycles. The number of aromatic nitrogens is 4. The third-order valence-electron chi connectivity index (χ3n) is 11.2. The van der Waals surface area contributed by atoms with Gasteiger partial charge in [0.2, 0.25) is 5.91 Å². The summed E-state index contributed by atoms with van der Waals surface area (Å²) < 4.78 is 17.0. The van der Waals surface area contributed by atoms with E-state index in [-0.39, 0.29) is 35.9 Å². The molecule has 2 aromatic heterocycles. The maximum Gasteiger partial charge on any atom is 0.410 e. The van der Waals surface area contributed by atoms with Gasteiger partial charge in [-0.1, -0.05) is 45.9 Å². The summed E-state index contributed by atoms with van der Waals surface area (Å²) in [4.78, 5) is 59.5. The molecule has 5 aromatic rings. The number of ether oxygens (including phenoxy) is 3. The van der Waals surface area contributed by atoms with Crippen LogP contribution in [0.3, 0.4) is 0 Å². The number of imidazole rings is 2. The van der Waals surface area contributed by atoms with Gasteiger partial charge in [-0.15, -0.1) is 0 Å². The third-order valence-corrected chi connectivity index (χ3v) is 11.2. The number of rotatable bonds is 6. The smallest absolute Gasteiger partial charge is 0.410 e. The number of H-pyrrole nitrogens is 2. The summed E-state index contributed by atoms with van der Waals surface area (Å²) in [5, 5.41) is 4.75. The van der Waals surface area contributed by atoms with Crippen LogP contribution in [0.2, 0.25) is 0 Å². The van der Waals surface area contributed by atoms with Crippen LogP contribution in [-0.4, -0.2) is 79.7 Å². The predicted octanol–water partition coefficient (Wildman–Crippen LogP) is 8.27. The highest BCUT2D eigenvalue weighted by Gasteiger charge is 2.41. The normalized spacial score (nSPS) is 21.2. The van der Waals surface area contributed by atoms with Crippen molar-refractivity contribution in [2.75, 3.05) is 20.2 Å². The second-order valence-corrected chi connectivity index (χ2v) is 17.2. The molecule has 5 atom stereocenters. The van der Waals surface area contributed by atoms with E-state index in [4.69, 9.17) is 24.2 Å². The van der Waals surface area contributed by atoms with Crippen LogP contribution < -0.4 is 10.1 Å². The van der Waals surface area contributed by atoms with E-state index in [0.717, 1.165) is 80.0 Å². The summed E-state index contributed by atoms with van der Waals surface area (Å²) in [6.45, 7) is 15.4. The van der Waals surface area contributed by atoms with Crippen molar-refractivity contribution in [3.05, 3.63) is 65.9 Å². The average molecular weight is 762 g/mol. The van der Waals surface area contributed by atoms with Gasteiger partial charge in [0.25, 0.3) is 0 Å². The fourth-order valence-electron chi connectivity index (χ4n) is 8.54. The zero-order valence-corrected chi connectivity index (χ0v) is 33.4. The summed E-state index contributed by atoms with van der Waals surface area (Å²) in [6.07, 6.45) is 2.45. The Labute approximate surface area is 326 Å². The molecule has 5 unspecified atom stereocenters. The molecule has 56 heavy (non-hydrogen) atoms. The van der Waals surface area contributed by atoms with Crippen molar-refractivity contribution in [3.63, 3.8) is 0 Å². The van der Waals surface area contributed by atoms with Crippen LogP contribution in [0, 0.1) is 17.8 Å². The molecule has 3 aliphatic rings. The first-order valence-corrected chi connectivity index (χ1v) is 19.6. The largest absolute Gasteiger partial charge is 0.488 e. The van der Waals surface area contributed by atoms with E-state index in [1.807, 2.05) is 45.7 Å². The van der Waals surface area contributed by atoms with E-state index >= 15 is 0 Å². The molecule has 13 heteroatoms. The quantitative estimate of drug-likeness (QED) is 0.156. The number of carbonyl (C=O) groups excluding carboxylic acids is 3. The Balaban J connectivity index is 1.05. The minimum absolute atomic E-state index is 0.116. The van der Waals surface area contributed by atoms with Crippen LogP contribution in [-0.2, 0) is 20.9 Å². The van der Waals surface area contributed by atoms with E-state index in [0.29, 0.717) is 25.6 Å². The standard InChI is InChI=1S/C43H51N7O6/c1-22(2)36(48-41(52)54-8)40(51)49-19-23(3)13-33(49)38-44-18-32(46-38)26-9-11-28-27(15-26)21-55-35-17-29-25(16-30(28)35)10-12-31-37(29)47-39(45-31)34-14-24(4)20-50(34)42(53)56-43(5,6)7/h9-12,15-18,22-24,33-34,36H,13-14,19-21H2,1-8H3,(H,44,46)(H,45,47)(H,48,52). The first kappa shape index (κ1) is 37.3. The van der Waals surface area contributed by atoms with Gasteiger partial charge in [0.05, 0.1) is 42.1 Å². The highest BCUT2D eigenvalue weighted by Crippen LogP contribution is 2.44. The number of carbonyl (C=O) groups is 3. The van der Waals surface area contributed by atoms with E-state index in [1.165, 1.54) is 7.11 Å². The Morgan fingerprint density at radius 3 is 2.38 bits per heavy atom. The van der Waals surface area contributed by atoms with E-state index < -0.39 is 17.7 Å². The molecule has 294 valence electrons. The summed E-state index contributed by atoms with van der Waals surface area (Å²) in [7, 11) is 1.30. The number of nitrogens with one attached hydrogen (secondary N) is 3. The highest BCUT2D eigenvalue weighted by atomic mass is 16.6. The van der Waals surface area contributed by atoms with Gasteiger partial charge in [-0.3, -0.25) is 9.69 Å². The van der Waals surface area contributed by atoms with Gasteiger partial charge in [-0.2, -0.15) is 0 Å². The van der Waals surface area contributed by atoms with Gasteiger partial charge in [-0.05, 0) is 97.7 Å². The number of methoxy groups -OCH3 is 1. The highest BCUT2D eigenvalue weighted by molar-refractivity contribution is 6.07. The summed E-state index contributed by atoms with van der Waals surface area (Å²) in [6, 6.07) is 13.6. The van der Waals surface area contributed by atoms with Crippen LogP contribution in [0.15, 0.2) is 48.7 Å². The Morgan fingerprint density at radius 1 is 0.929 bits per heavy atom. The van der Waals surface area contributed by atoms with E-state index in [1.54, 1.807) is 4.90 Å². The first-order valence-electron chi connectivity index (χ1n) is 19.6. The number of hydrogen-bond donors (Lipinski definition) is 3. The Morgan fingerprint density at radius 2 is 1.66 bits per heavy atom. The number of nitrogens with zero attached hydrogens (tertiary/aromatic N) is 4. The molecule has 0 aliphatic carbocycles. The van der Waals surface area contributed by atoms with E-state index in [9.17, 15) is 14.4 Å². The van der Waals surface area contributed by atoms with Gasteiger partial charge in [-0.25, -0.2) is 19.6 Å². The average Bonchev–Trinajstić information content (AvgIpc) is 3.97. The Bertz CT molecular complexity index is 2340. The molecular weight excluding hydrogens is 711 g/mol. The lowest BCUT2D eigenvalue weighted by Gasteiger charge is -2.30. The predicted molar refractivity (Wildman–Crippen MR) is 213 cm³/mol. The van der Waals surface area contributed by atoms with Crippen LogP contribution in [0.1, 0.15) is 90.6 Å². The van der Waals surface area contributed by atoms with Gasteiger partial charge in [0, 0.05) is 24.0 Å². The minimum Gasteiger partial charge on any atom is -0.488 e. The van der Waals surface area contributed by atoms with Crippen LogP contribution in [0.4, 0.5) is 9.59 Å². The number of alkyl carbamates (subject to hydrolysis) is 1. The molecule has 3 amide bonds. The SMILES string of the molecule is COC(=O)NC(C(=O)N1CC(C)CC1c1ncc(-c2ccc3c(c2)COc2cc4c(ccc5[nH]c(C6CC(C)CN6C(=O)OC(C)(C)C)nc54)cc2-3)[nH]1)C(C)C. The lowest BCUT2D eigenvalue weighted by Crippen LogP contribution is -2.51. The molecule has 13 nitrogen and oxygen atoms in total. The van der Waals surface area contributed by atoms with Crippen molar-refractivity contribution in [1.29, 1.82) is 0 Å². The fourth-order valence-corrected chi connectivity index (χ4v) is 8.54. The maximum atomic E-state index is 13.8. The van der Waals surface area contributed by atoms with Crippen molar-refractivity contribution in [2.45, 2.75) is 91.6 Å². The van der Waals surface area contributed by atoms with Crippen molar-refractivity contribution >= 4 is 39.9 Å². The zero-order chi connectivity index (χ0) is 39.6. The number of hydrogen-bond acceptors (Lipinski definition) is 8. The van der Waals surface area contributed by atoms with Gasteiger partial charge < -0.3 is 34.4 Å².